The van der Waals surface area contributed by atoms with Crippen LogP contribution in [0.2, 0.25) is 0 Å². The molecular formula is C25H32N2O4. The number of carbonyl (C=O) groups is 2. The minimum absolute atomic E-state index is 0.0833. The van der Waals surface area contributed by atoms with Crippen molar-refractivity contribution in [1.29, 1.82) is 0 Å². The Morgan fingerprint density at radius 1 is 1.10 bits per heavy atom. The molecule has 6 heteroatoms. The predicted molar refractivity (Wildman–Crippen MR) is 125 cm³/mol. The predicted octanol–water partition coefficient (Wildman–Crippen LogP) is 5.46. The van der Waals surface area contributed by atoms with Crippen LogP contribution >= 0.6 is 0 Å². The van der Waals surface area contributed by atoms with E-state index in [1.54, 1.807) is 18.9 Å². The Hall–Kier alpha value is -3.28. The third-order valence-electron chi connectivity index (χ3n) is 5.00. The molecule has 31 heavy (non-hydrogen) atoms. The third-order valence-corrected chi connectivity index (χ3v) is 5.00. The van der Waals surface area contributed by atoms with Crippen LogP contribution in [0.4, 0.5) is 10.5 Å². The number of ether oxygens (including phenoxy) is 1. The van der Waals surface area contributed by atoms with Crippen molar-refractivity contribution in [2.45, 2.75) is 40.0 Å². The number of carbonyl (C=O) groups excluding carboxylic acids is 1. The molecule has 2 aromatic carbocycles. The van der Waals surface area contributed by atoms with Gasteiger partial charge in [0, 0.05) is 19.3 Å². The first kappa shape index (κ1) is 24.0. The molecule has 0 unspecified atom stereocenters. The average molecular weight is 425 g/mol. The van der Waals surface area contributed by atoms with Crippen LogP contribution in [0.1, 0.15) is 44.2 Å². The van der Waals surface area contributed by atoms with Crippen LogP contribution < -0.4 is 10.2 Å². The fourth-order valence-electron chi connectivity index (χ4n) is 3.17. The Labute approximate surface area is 184 Å². The molecule has 0 spiro atoms. The first-order chi connectivity index (χ1) is 14.9. The average Bonchev–Trinajstić information content (AvgIpc) is 2.76. The minimum Gasteiger partial charge on any atom is -0.487 e. The molecule has 2 amide bonds. The van der Waals surface area contributed by atoms with Crippen LogP contribution in [-0.2, 0) is 9.53 Å². The molecule has 0 saturated carbocycles. The number of carboxylic acid groups (broad SMARTS) is 1. The summed E-state index contributed by atoms with van der Waals surface area (Å²) in [6, 6.07) is 13.4. The number of rotatable bonds is 10. The zero-order chi connectivity index (χ0) is 22.8. The molecule has 166 valence electrons. The Bertz CT molecular complexity index is 920. The van der Waals surface area contributed by atoms with E-state index in [9.17, 15) is 14.7 Å². The van der Waals surface area contributed by atoms with E-state index in [4.69, 9.17) is 4.74 Å². The number of urea groups is 1. The topological polar surface area (TPSA) is 78.9 Å². The lowest BCUT2D eigenvalue weighted by molar-refractivity contribution is -0.136. The number of nitrogens with one attached hydrogen (secondary N) is 1. The van der Waals surface area contributed by atoms with E-state index in [2.05, 4.69) is 12.2 Å². The van der Waals surface area contributed by atoms with Gasteiger partial charge in [-0.25, -0.2) is 9.59 Å². The van der Waals surface area contributed by atoms with Gasteiger partial charge in [-0.3, -0.25) is 4.90 Å². The molecule has 0 aliphatic rings. The van der Waals surface area contributed by atoms with Crippen LogP contribution in [0.15, 0.2) is 48.2 Å². The minimum atomic E-state index is -1.09. The highest BCUT2D eigenvalue weighted by Gasteiger charge is 2.13. The Morgan fingerprint density at radius 2 is 1.81 bits per heavy atom. The summed E-state index contributed by atoms with van der Waals surface area (Å²) in [6.45, 7) is 6.87. The van der Waals surface area contributed by atoms with Gasteiger partial charge in [-0.05, 0) is 60.7 Å². The Morgan fingerprint density at radius 3 is 2.42 bits per heavy atom. The van der Waals surface area contributed by atoms with Gasteiger partial charge < -0.3 is 15.2 Å². The summed E-state index contributed by atoms with van der Waals surface area (Å²) in [5.74, 6) is -1.18. The molecule has 0 saturated heterocycles. The highest BCUT2D eigenvalue weighted by atomic mass is 16.5. The van der Waals surface area contributed by atoms with Gasteiger partial charge >= 0.3 is 12.0 Å². The second-order valence-corrected chi connectivity index (χ2v) is 7.37. The maximum absolute atomic E-state index is 12.4. The zero-order valence-electron chi connectivity index (χ0n) is 18.8. The van der Waals surface area contributed by atoms with Crippen LogP contribution in [0, 0.1) is 6.92 Å². The van der Waals surface area contributed by atoms with Gasteiger partial charge in [0.25, 0.3) is 0 Å². The third kappa shape index (κ3) is 6.88. The molecule has 0 atom stereocenters. The summed E-state index contributed by atoms with van der Waals surface area (Å²) in [7, 11) is 1.76. The first-order valence-corrected chi connectivity index (χ1v) is 10.7. The first-order valence-electron chi connectivity index (χ1n) is 10.7. The molecule has 0 aromatic heterocycles. The normalized spacial score (nSPS) is 11.2. The number of nitrogens with zero attached hydrogens (tertiary/aromatic N) is 1. The number of unbranched alkanes of at least 4 members (excludes halogenated alkanes) is 2. The van der Waals surface area contributed by atoms with Crippen molar-refractivity contribution in [2.75, 3.05) is 25.1 Å². The lowest BCUT2D eigenvalue weighted by Gasteiger charge is -2.20. The van der Waals surface area contributed by atoms with E-state index >= 15 is 0 Å². The van der Waals surface area contributed by atoms with E-state index < -0.39 is 5.97 Å². The molecular weight excluding hydrogens is 392 g/mol. The van der Waals surface area contributed by atoms with Crippen molar-refractivity contribution in [3.63, 3.8) is 0 Å². The van der Waals surface area contributed by atoms with Crippen molar-refractivity contribution in [2.24, 2.45) is 0 Å². The van der Waals surface area contributed by atoms with Gasteiger partial charge in [0.05, 0.1) is 6.61 Å². The molecule has 0 fully saturated rings. The molecule has 0 radical (unpaired) electrons. The highest BCUT2D eigenvalue weighted by Crippen LogP contribution is 2.28. The quantitative estimate of drug-likeness (QED) is 0.302. The molecule has 2 rings (SSSR count). The van der Waals surface area contributed by atoms with E-state index in [0.29, 0.717) is 13.2 Å². The van der Waals surface area contributed by atoms with Gasteiger partial charge in [0.2, 0.25) is 5.76 Å². The molecule has 6 nitrogen and oxygen atoms in total. The number of carboxylic acids is 1. The Balaban J connectivity index is 2.20. The van der Waals surface area contributed by atoms with Gasteiger partial charge in [0.1, 0.15) is 0 Å². The number of hydrogen-bond acceptors (Lipinski definition) is 3. The number of amides is 2. The zero-order valence-corrected chi connectivity index (χ0v) is 18.8. The SMILES string of the molecule is CCCCCNC(=O)N(C)c1ccc(C)c(-c2ccc(/C=C(/OCC)C(=O)O)cc2)c1. The van der Waals surface area contributed by atoms with E-state index in [1.807, 2.05) is 49.4 Å². The summed E-state index contributed by atoms with van der Waals surface area (Å²) in [4.78, 5) is 25.3. The molecule has 2 aromatic rings. The van der Waals surface area contributed by atoms with Gasteiger partial charge in [-0.2, -0.15) is 0 Å². The second kappa shape index (κ2) is 11.8. The van der Waals surface area contributed by atoms with E-state index in [1.165, 1.54) is 6.08 Å². The maximum Gasteiger partial charge on any atom is 0.371 e. The van der Waals surface area contributed by atoms with Gasteiger partial charge in [-0.1, -0.05) is 50.1 Å². The summed E-state index contributed by atoms with van der Waals surface area (Å²) >= 11 is 0. The number of benzene rings is 2. The lowest BCUT2D eigenvalue weighted by Crippen LogP contribution is -2.37. The van der Waals surface area contributed by atoms with Gasteiger partial charge in [-0.15, -0.1) is 0 Å². The second-order valence-electron chi connectivity index (χ2n) is 7.37. The van der Waals surface area contributed by atoms with Crippen LogP contribution in [0.5, 0.6) is 0 Å². The van der Waals surface area contributed by atoms with Crippen molar-refractivity contribution in [1.82, 2.24) is 5.32 Å². The molecule has 2 N–H and O–H groups in total. The van der Waals surface area contributed by atoms with Crippen LogP contribution in [0.25, 0.3) is 17.2 Å². The van der Waals surface area contributed by atoms with Crippen molar-refractivity contribution in [3.8, 4) is 11.1 Å². The number of aryl methyl sites for hydroxylation is 1. The van der Waals surface area contributed by atoms with E-state index in [0.717, 1.165) is 47.2 Å². The fraction of sp³-hybridized carbons (Fsp3) is 0.360. The van der Waals surface area contributed by atoms with Crippen LogP contribution in [-0.4, -0.2) is 37.3 Å². The molecule has 0 aliphatic heterocycles. The van der Waals surface area contributed by atoms with Crippen molar-refractivity contribution >= 4 is 23.8 Å². The smallest absolute Gasteiger partial charge is 0.371 e. The maximum atomic E-state index is 12.4. The summed E-state index contributed by atoms with van der Waals surface area (Å²) in [6.07, 6.45) is 4.70. The summed E-state index contributed by atoms with van der Waals surface area (Å²) < 4.78 is 5.17. The van der Waals surface area contributed by atoms with Gasteiger partial charge in [0.15, 0.2) is 0 Å². The largest absolute Gasteiger partial charge is 0.487 e. The van der Waals surface area contributed by atoms with Crippen molar-refractivity contribution in [3.05, 3.63) is 59.4 Å². The molecule has 0 heterocycles. The fourth-order valence-corrected chi connectivity index (χ4v) is 3.17. The number of hydrogen-bond donors (Lipinski definition) is 2. The highest BCUT2D eigenvalue weighted by molar-refractivity contribution is 5.92. The summed E-state index contributed by atoms with van der Waals surface area (Å²) in [5, 5.41) is 12.2. The van der Waals surface area contributed by atoms with E-state index in [-0.39, 0.29) is 11.8 Å². The molecule has 0 bridgehead atoms. The molecule has 0 aliphatic carbocycles. The van der Waals surface area contributed by atoms with Crippen molar-refractivity contribution < 1.29 is 19.4 Å². The lowest BCUT2D eigenvalue weighted by atomic mass is 9.98. The number of aliphatic carboxylic acids is 1. The standard InChI is InChI=1S/C25H32N2O4/c1-5-7-8-15-26-25(30)27(4)21-14-9-18(3)22(17-21)20-12-10-19(11-13-20)16-23(24(28)29)31-6-2/h9-14,16-17H,5-8,15H2,1-4H3,(H,26,30)(H,28,29)/b23-16+. The monoisotopic (exact) mass is 424 g/mol. The van der Waals surface area contributed by atoms with Crippen LogP contribution in [0.3, 0.4) is 0 Å². The summed E-state index contributed by atoms with van der Waals surface area (Å²) in [5.41, 5.74) is 4.64. The number of anilines is 1. The Kier molecular flexibility index (Phi) is 9.13.